The van der Waals surface area contributed by atoms with E-state index in [9.17, 15) is 25.0 Å². The number of nitrogens with one attached hydrogen (secondary N) is 1. The molecule has 19 nitrogen and oxygen atoms in total. The number of nitrogens with zero attached hydrogens (tertiary/aromatic N) is 7. The van der Waals surface area contributed by atoms with E-state index >= 15 is 0 Å². The van der Waals surface area contributed by atoms with Gasteiger partial charge in [0.05, 0.1) is 57.3 Å². The van der Waals surface area contributed by atoms with Crippen molar-refractivity contribution in [3.63, 3.8) is 0 Å². The summed E-state index contributed by atoms with van der Waals surface area (Å²) in [5, 5.41) is 21.2. The topological polar surface area (TPSA) is 219 Å². The number of aromatic amines is 1. The average molecular weight is 1140 g/mol. The lowest BCUT2D eigenvalue weighted by Gasteiger charge is -2.39. The van der Waals surface area contributed by atoms with Crippen LogP contribution in [0.15, 0.2) is 163 Å². The number of ether oxygens (including phenoxy) is 5. The lowest BCUT2D eigenvalue weighted by Crippen LogP contribution is -2.39. The quantitative estimate of drug-likeness (QED) is 0.0196. The SMILES string of the molecule is COc1ccc(C(OC[C@H]2O[C@@H](n3cnc4c(=O)[nH]c(N(CCc5ccc([N+](=O)[O-])cc5)C(=O)OCC5c6ccccc6-c6ccccc65)nc43)C[C@@H]2OP(OCCC#N)N(C(C)C)C(C)C)(c2ccccc2)c2ccc(OC)cc2)cc1. The van der Waals surface area contributed by atoms with Gasteiger partial charge < -0.3 is 32.7 Å². The zero-order chi connectivity index (χ0) is 58.2. The van der Waals surface area contributed by atoms with E-state index in [-0.39, 0.29) is 86.4 Å². The third kappa shape index (κ3) is 12.3. The summed E-state index contributed by atoms with van der Waals surface area (Å²) in [5.74, 6) is 0.959. The Hall–Kier alpha value is -8.34. The van der Waals surface area contributed by atoms with E-state index in [4.69, 9.17) is 37.7 Å². The highest BCUT2D eigenvalue weighted by Gasteiger charge is 2.45. The van der Waals surface area contributed by atoms with Crippen LogP contribution in [-0.4, -0.2) is 100 Å². The van der Waals surface area contributed by atoms with Crippen LogP contribution < -0.4 is 19.9 Å². The van der Waals surface area contributed by atoms with Gasteiger partial charge in [-0.15, -0.1) is 0 Å². The zero-order valence-electron chi connectivity index (χ0n) is 47.0. The fourth-order valence-electron chi connectivity index (χ4n) is 11.1. The minimum Gasteiger partial charge on any atom is -0.497 e. The van der Waals surface area contributed by atoms with Crippen molar-refractivity contribution in [2.75, 3.05) is 45.5 Å². The molecule has 428 valence electrons. The lowest BCUT2D eigenvalue weighted by atomic mass is 9.80. The van der Waals surface area contributed by atoms with Gasteiger partial charge in [-0.05, 0) is 103 Å². The van der Waals surface area contributed by atoms with Crippen LogP contribution in [0.2, 0.25) is 0 Å². The highest BCUT2D eigenvalue weighted by atomic mass is 31.2. The van der Waals surface area contributed by atoms with Crippen LogP contribution in [0.5, 0.6) is 11.5 Å². The molecule has 0 bridgehead atoms. The number of carbonyl (C=O) groups is 1. The molecule has 4 atom stereocenters. The van der Waals surface area contributed by atoms with Crippen molar-refractivity contribution in [2.24, 2.45) is 0 Å². The molecule has 2 aromatic heterocycles. The van der Waals surface area contributed by atoms with Crippen molar-refractivity contribution in [3.8, 4) is 28.7 Å². The first-order chi connectivity index (χ1) is 40.3. The highest BCUT2D eigenvalue weighted by Crippen LogP contribution is 2.51. The van der Waals surface area contributed by atoms with Gasteiger partial charge in [0.25, 0.3) is 19.8 Å². The second-order valence-electron chi connectivity index (χ2n) is 20.7. The molecule has 0 saturated carbocycles. The molecule has 1 unspecified atom stereocenters. The van der Waals surface area contributed by atoms with Crippen LogP contribution >= 0.6 is 8.53 Å². The van der Waals surface area contributed by atoms with E-state index in [0.29, 0.717) is 17.1 Å². The Labute approximate surface area is 482 Å². The number of H-pyrrole nitrogens is 1. The predicted molar refractivity (Wildman–Crippen MR) is 314 cm³/mol. The van der Waals surface area contributed by atoms with Crippen LogP contribution in [0.4, 0.5) is 16.4 Å². The summed E-state index contributed by atoms with van der Waals surface area (Å²) in [4.78, 5) is 53.7. The fraction of sp³-hybridized carbons (Fsp3) is 0.317. The van der Waals surface area contributed by atoms with Gasteiger partial charge in [0.2, 0.25) is 5.95 Å². The molecule has 2 aliphatic rings. The molecule has 1 aliphatic carbocycles. The Bertz CT molecular complexity index is 3530. The lowest BCUT2D eigenvalue weighted by molar-refractivity contribution is -0.384. The number of anilines is 1. The van der Waals surface area contributed by atoms with Gasteiger partial charge in [0, 0.05) is 43.1 Å². The summed E-state index contributed by atoms with van der Waals surface area (Å²) in [6.07, 6.45) is -1.10. The Balaban J connectivity index is 1.03. The maximum absolute atomic E-state index is 14.7. The number of hydrogen-bond acceptors (Lipinski definition) is 15. The van der Waals surface area contributed by atoms with Gasteiger partial charge in [0.1, 0.15) is 36.0 Å². The first-order valence-electron chi connectivity index (χ1n) is 27.5. The third-order valence-corrected chi connectivity index (χ3v) is 17.2. The molecule has 1 saturated heterocycles. The number of carbonyl (C=O) groups excluding carboxylic acids is 1. The molecule has 1 aliphatic heterocycles. The molecular weight excluding hydrogens is 1080 g/mol. The fourth-order valence-corrected chi connectivity index (χ4v) is 12.8. The first-order valence-corrected chi connectivity index (χ1v) is 28.7. The Morgan fingerprint density at radius 1 is 0.831 bits per heavy atom. The summed E-state index contributed by atoms with van der Waals surface area (Å²) < 4.78 is 49.4. The van der Waals surface area contributed by atoms with Gasteiger partial charge in [-0.2, -0.15) is 10.2 Å². The number of amides is 1. The number of nitro benzene ring substituents is 1. The molecule has 1 N–H and O–H groups in total. The second-order valence-corrected chi connectivity index (χ2v) is 22.1. The number of nitriles is 1. The van der Waals surface area contributed by atoms with Gasteiger partial charge in [-0.3, -0.25) is 24.5 Å². The molecule has 3 heterocycles. The second kappa shape index (κ2) is 25.8. The number of benzene rings is 6. The zero-order valence-corrected chi connectivity index (χ0v) is 47.9. The largest absolute Gasteiger partial charge is 0.497 e. The number of methoxy groups -OCH3 is 2. The van der Waals surface area contributed by atoms with Crippen molar-refractivity contribution in [3.05, 3.63) is 212 Å². The number of aromatic nitrogens is 4. The molecule has 0 radical (unpaired) electrons. The van der Waals surface area contributed by atoms with E-state index < -0.39 is 49.1 Å². The summed E-state index contributed by atoms with van der Waals surface area (Å²) in [6.45, 7) is 8.31. The smallest absolute Gasteiger partial charge is 0.416 e. The van der Waals surface area contributed by atoms with Crippen LogP contribution in [0.3, 0.4) is 0 Å². The third-order valence-electron chi connectivity index (χ3n) is 15.0. The highest BCUT2D eigenvalue weighted by molar-refractivity contribution is 7.44. The molecule has 8 aromatic rings. The summed E-state index contributed by atoms with van der Waals surface area (Å²) in [7, 11) is 1.43. The van der Waals surface area contributed by atoms with Crippen molar-refractivity contribution in [1.29, 1.82) is 5.26 Å². The Morgan fingerprint density at radius 3 is 2.00 bits per heavy atom. The van der Waals surface area contributed by atoms with Crippen LogP contribution in [0.1, 0.15) is 86.1 Å². The molecule has 0 spiro atoms. The Morgan fingerprint density at radius 2 is 1.42 bits per heavy atom. The number of nitro groups is 1. The maximum atomic E-state index is 14.7. The maximum Gasteiger partial charge on any atom is 0.416 e. The van der Waals surface area contributed by atoms with E-state index in [1.807, 2.05) is 115 Å². The van der Waals surface area contributed by atoms with Gasteiger partial charge in [-0.1, -0.05) is 115 Å². The van der Waals surface area contributed by atoms with Crippen molar-refractivity contribution in [1.82, 2.24) is 24.2 Å². The van der Waals surface area contributed by atoms with Crippen molar-refractivity contribution in [2.45, 2.75) is 89.0 Å². The van der Waals surface area contributed by atoms with Gasteiger partial charge >= 0.3 is 6.09 Å². The minimum absolute atomic E-state index is 0.00707. The standard InChI is InChI=1S/C63H65N8O11P/c1-41(2)70(42(3)4)83(80-36-14-34-64)82-55-37-57(81-56(55)39-79-63(44-15-8-7-9-16-44,45-23-29-48(76-5)30-24-45)46-25-31-49(77-6)32-26-46)69-40-65-58-59(69)66-61(67-60(58)72)68(35-33-43-21-27-47(28-22-43)71(74)75)62(73)78-38-54-52-19-12-10-17-50(52)51-18-11-13-20-53(51)54/h7-13,15-32,40-42,54-57H,14,33,35-39H2,1-6H3,(H,66,67,72)/t55-,56+,57+,83?/m0/s1. The number of non-ortho nitro benzene ring substituents is 1. The van der Waals surface area contributed by atoms with Crippen molar-refractivity contribution < 1.29 is 42.4 Å². The molecule has 20 heteroatoms. The number of hydrogen-bond donors (Lipinski definition) is 1. The molecule has 83 heavy (non-hydrogen) atoms. The molecule has 10 rings (SSSR count). The van der Waals surface area contributed by atoms with E-state index in [1.165, 1.54) is 23.4 Å². The van der Waals surface area contributed by atoms with Gasteiger partial charge in [0.15, 0.2) is 11.2 Å². The summed E-state index contributed by atoms with van der Waals surface area (Å²) >= 11 is 0. The normalized spacial score (nSPS) is 16.2. The minimum atomic E-state index is -1.80. The van der Waals surface area contributed by atoms with Gasteiger partial charge in [-0.25, -0.2) is 19.3 Å². The molecule has 1 amide bonds. The first kappa shape index (κ1) is 57.9. The monoisotopic (exact) mass is 1140 g/mol. The summed E-state index contributed by atoms with van der Waals surface area (Å²) in [6, 6.07) is 49.6. The molecular formula is C63H65N8O11P. The Kier molecular flexibility index (Phi) is 18.0. The van der Waals surface area contributed by atoms with Crippen LogP contribution in [0, 0.1) is 21.4 Å². The van der Waals surface area contributed by atoms with Crippen LogP contribution in [0.25, 0.3) is 22.3 Å². The number of fused-ring (bicyclic) bond motifs is 4. The van der Waals surface area contributed by atoms with Crippen LogP contribution in [-0.2, 0) is 35.3 Å². The molecule has 6 aromatic carbocycles. The van der Waals surface area contributed by atoms with Crippen molar-refractivity contribution >= 4 is 37.4 Å². The van der Waals surface area contributed by atoms with E-state index in [0.717, 1.165) is 38.9 Å². The summed E-state index contributed by atoms with van der Waals surface area (Å²) in [5.41, 5.74) is 5.49. The number of rotatable bonds is 24. The van der Waals surface area contributed by atoms with E-state index in [1.54, 1.807) is 30.9 Å². The molecule has 1 fully saturated rings. The average Bonchev–Trinajstić information content (AvgIpc) is 4.42. The predicted octanol–water partition coefficient (Wildman–Crippen LogP) is 12.0. The number of imidazole rings is 1. The van der Waals surface area contributed by atoms with E-state index in [2.05, 4.69) is 60.5 Å².